The van der Waals surface area contributed by atoms with Crippen molar-refractivity contribution in [3.63, 3.8) is 0 Å². The smallest absolute Gasteiger partial charge is 0.306 e. The van der Waals surface area contributed by atoms with Crippen LogP contribution < -0.4 is 0 Å². The number of hydrogen-bond acceptors (Lipinski definition) is 6. The van der Waals surface area contributed by atoms with Crippen molar-refractivity contribution in [2.24, 2.45) is 0 Å². The van der Waals surface area contributed by atoms with Crippen molar-refractivity contribution in [1.82, 2.24) is 0 Å². The zero-order valence-electron chi connectivity index (χ0n) is 44.3. The van der Waals surface area contributed by atoms with Crippen LogP contribution in [0, 0.1) is 0 Å². The third kappa shape index (κ3) is 53.3. The molecule has 0 aromatic rings. The van der Waals surface area contributed by atoms with Gasteiger partial charge >= 0.3 is 17.9 Å². The predicted molar refractivity (Wildman–Crippen MR) is 293 cm³/mol. The van der Waals surface area contributed by atoms with Crippen molar-refractivity contribution in [2.45, 2.75) is 264 Å². The van der Waals surface area contributed by atoms with E-state index in [1.54, 1.807) is 0 Å². The zero-order valence-corrected chi connectivity index (χ0v) is 44.3. The van der Waals surface area contributed by atoms with Crippen LogP contribution in [-0.2, 0) is 28.6 Å². The van der Waals surface area contributed by atoms with Crippen molar-refractivity contribution >= 4 is 17.9 Å². The quantitative estimate of drug-likeness (QED) is 0.0262. The fourth-order valence-corrected chi connectivity index (χ4v) is 7.60. The summed E-state index contributed by atoms with van der Waals surface area (Å²) in [5.74, 6) is -0.909. The first-order valence-corrected chi connectivity index (χ1v) is 28.2. The lowest BCUT2D eigenvalue weighted by Crippen LogP contribution is -2.30. The number of rotatable bonds is 50. The molecule has 0 spiro atoms. The highest BCUT2D eigenvalue weighted by Crippen LogP contribution is 2.15. The van der Waals surface area contributed by atoms with Crippen molar-refractivity contribution in [3.8, 4) is 0 Å². The summed E-state index contributed by atoms with van der Waals surface area (Å²) in [5.41, 5.74) is 0. The number of carbonyl (C=O) groups excluding carboxylic acids is 3. The van der Waals surface area contributed by atoms with Crippen LogP contribution in [0.15, 0.2) is 97.2 Å². The van der Waals surface area contributed by atoms with Gasteiger partial charge in [0.25, 0.3) is 0 Å². The van der Waals surface area contributed by atoms with Crippen LogP contribution in [0.25, 0.3) is 0 Å². The Morgan fingerprint density at radius 3 is 0.956 bits per heavy atom. The van der Waals surface area contributed by atoms with Gasteiger partial charge in [0.1, 0.15) is 13.2 Å². The van der Waals surface area contributed by atoms with Crippen molar-refractivity contribution < 1.29 is 28.6 Å². The van der Waals surface area contributed by atoms with E-state index < -0.39 is 6.10 Å². The molecule has 0 saturated heterocycles. The molecule has 1 unspecified atom stereocenters. The molecule has 0 aliphatic heterocycles. The number of carbonyl (C=O) groups is 3. The molecular formula is C62H104O6. The minimum Gasteiger partial charge on any atom is -0.462 e. The van der Waals surface area contributed by atoms with Gasteiger partial charge in [0, 0.05) is 19.3 Å². The molecule has 0 bridgehead atoms. The fraction of sp³-hybridized carbons (Fsp3) is 0.694. The molecule has 0 saturated carbocycles. The summed E-state index contributed by atoms with van der Waals surface area (Å²) in [6.45, 7) is 6.38. The SMILES string of the molecule is CC/C=C\C/C=C\C/C=C\C/C=C\C/C=C\C/C=C\CCCCCCCCCCCCCCC(=O)OCC(COC(=O)CCCCCCCC)OC(=O)CCCCCCC/C=C\C/C=C\CCC. The Morgan fingerprint density at radius 1 is 0.309 bits per heavy atom. The second-order valence-electron chi connectivity index (χ2n) is 18.5. The van der Waals surface area contributed by atoms with E-state index in [0.29, 0.717) is 19.3 Å². The van der Waals surface area contributed by atoms with E-state index in [9.17, 15) is 14.4 Å². The Labute approximate surface area is 419 Å². The van der Waals surface area contributed by atoms with Gasteiger partial charge in [-0.25, -0.2) is 0 Å². The molecule has 0 fully saturated rings. The van der Waals surface area contributed by atoms with Crippen LogP contribution in [0.2, 0.25) is 0 Å². The van der Waals surface area contributed by atoms with Crippen molar-refractivity contribution in [1.29, 1.82) is 0 Å². The van der Waals surface area contributed by atoms with E-state index in [2.05, 4.69) is 118 Å². The summed E-state index contributed by atoms with van der Waals surface area (Å²) in [4.78, 5) is 37.8. The molecule has 1 atom stereocenters. The molecule has 0 aliphatic carbocycles. The lowest BCUT2D eigenvalue weighted by molar-refractivity contribution is -0.167. The number of ether oxygens (including phenoxy) is 3. The minimum atomic E-state index is -0.781. The topological polar surface area (TPSA) is 78.9 Å². The molecule has 6 nitrogen and oxygen atoms in total. The Bertz CT molecular complexity index is 1360. The van der Waals surface area contributed by atoms with Crippen LogP contribution in [-0.4, -0.2) is 37.2 Å². The standard InChI is InChI=1S/C62H104O6/c1-4-7-10-13-16-18-20-22-23-24-25-26-27-28-29-30-31-32-33-34-35-36-37-38-39-41-42-44-46-49-52-55-61(64)67-58-59(57-66-60(63)54-51-48-15-12-9-6-3)68-62(65)56-53-50-47-45-43-40-21-19-17-14-11-8-5-2/h7,10-11,14,16,18-19,21-23,25-26,28-29,31-32,59H,4-6,8-9,12-13,15,17,20,24,27,30,33-58H2,1-3H3/b10-7-,14-11-,18-16-,21-19-,23-22-,26-25-,29-28-,32-31-. The van der Waals surface area contributed by atoms with Crippen LogP contribution in [0.3, 0.4) is 0 Å². The lowest BCUT2D eigenvalue weighted by atomic mass is 10.0. The summed E-state index contributed by atoms with van der Waals surface area (Å²) in [7, 11) is 0. The molecule has 0 rings (SSSR count). The van der Waals surface area contributed by atoms with Crippen molar-refractivity contribution in [2.75, 3.05) is 13.2 Å². The molecule has 0 aromatic carbocycles. The maximum atomic E-state index is 12.7. The molecular weight excluding hydrogens is 841 g/mol. The van der Waals surface area contributed by atoms with E-state index >= 15 is 0 Å². The van der Waals surface area contributed by atoms with Gasteiger partial charge in [-0.3, -0.25) is 14.4 Å². The molecule has 388 valence electrons. The second-order valence-corrected chi connectivity index (χ2v) is 18.5. The van der Waals surface area contributed by atoms with Crippen molar-refractivity contribution in [3.05, 3.63) is 97.2 Å². The Morgan fingerprint density at radius 2 is 0.603 bits per heavy atom. The molecule has 0 aromatic heterocycles. The molecule has 6 heteroatoms. The van der Waals surface area contributed by atoms with Gasteiger partial charge in [-0.1, -0.05) is 240 Å². The van der Waals surface area contributed by atoms with E-state index in [1.165, 1.54) is 89.9 Å². The summed E-state index contributed by atoms with van der Waals surface area (Å²) in [5, 5.41) is 0. The summed E-state index contributed by atoms with van der Waals surface area (Å²) >= 11 is 0. The van der Waals surface area contributed by atoms with Gasteiger partial charge in [0.2, 0.25) is 0 Å². The Balaban J connectivity index is 4.05. The average molecular weight is 946 g/mol. The second kappa shape index (κ2) is 55.9. The highest BCUT2D eigenvalue weighted by molar-refractivity contribution is 5.71. The highest BCUT2D eigenvalue weighted by atomic mass is 16.6. The maximum absolute atomic E-state index is 12.7. The molecule has 0 N–H and O–H groups in total. The first kappa shape index (κ1) is 64.3. The molecule has 0 aliphatic rings. The summed E-state index contributed by atoms with van der Waals surface area (Å²) in [6, 6.07) is 0. The van der Waals surface area contributed by atoms with Crippen LogP contribution in [0.1, 0.15) is 258 Å². The predicted octanol–water partition coefficient (Wildman–Crippen LogP) is 18.9. The van der Waals surface area contributed by atoms with E-state index in [0.717, 1.165) is 128 Å². The van der Waals surface area contributed by atoms with Gasteiger partial charge in [0.15, 0.2) is 6.10 Å². The summed E-state index contributed by atoms with van der Waals surface area (Å²) < 4.78 is 16.7. The van der Waals surface area contributed by atoms with Gasteiger partial charge in [0.05, 0.1) is 0 Å². The fourth-order valence-electron chi connectivity index (χ4n) is 7.60. The molecule has 0 heterocycles. The van der Waals surface area contributed by atoms with Gasteiger partial charge in [-0.15, -0.1) is 0 Å². The Hall–Kier alpha value is -3.67. The highest BCUT2D eigenvalue weighted by Gasteiger charge is 2.19. The summed E-state index contributed by atoms with van der Waals surface area (Å²) in [6.07, 6.45) is 74.4. The van der Waals surface area contributed by atoms with Gasteiger partial charge in [-0.2, -0.15) is 0 Å². The third-order valence-corrected chi connectivity index (χ3v) is 11.8. The van der Waals surface area contributed by atoms with E-state index in [1.807, 2.05) is 0 Å². The number of esters is 3. The number of allylic oxidation sites excluding steroid dienone is 16. The van der Waals surface area contributed by atoms with Gasteiger partial charge in [-0.05, 0) is 96.3 Å². The van der Waals surface area contributed by atoms with Gasteiger partial charge < -0.3 is 14.2 Å². The Kier molecular flexibility index (Phi) is 52.9. The van der Waals surface area contributed by atoms with E-state index in [-0.39, 0.29) is 31.1 Å². The van der Waals surface area contributed by atoms with Crippen LogP contribution in [0.4, 0.5) is 0 Å². The molecule has 68 heavy (non-hydrogen) atoms. The van der Waals surface area contributed by atoms with E-state index in [4.69, 9.17) is 14.2 Å². The normalized spacial score (nSPS) is 12.8. The maximum Gasteiger partial charge on any atom is 0.306 e. The first-order valence-electron chi connectivity index (χ1n) is 28.2. The number of unbranched alkanes of at least 4 members (excludes halogenated alkanes) is 23. The van der Waals surface area contributed by atoms with Crippen LogP contribution >= 0.6 is 0 Å². The monoisotopic (exact) mass is 945 g/mol. The van der Waals surface area contributed by atoms with Crippen LogP contribution in [0.5, 0.6) is 0 Å². The molecule has 0 amide bonds. The largest absolute Gasteiger partial charge is 0.462 e. The number of hydrogen-bond donors (Lipinski definition) is 0. The third-order valence-electron chi connectivity index (χ3n) is 11.8. The average Bonchev–Trinajstić information content (AvgIpc) is 3.34. The zero-order chi connectivity index (χ0) is 49.3. The lowest BCUT2D eigenvalue weighted by Gasteiger charge is -2.18. The first-order chi connectivity index (χ1) is 33.5. The minimum absolute atomic E-state index is 0.0827. The molecule has 0 radical (unpaired) electrons.